The fraction of sp³-hybridized carbons (Fsp3) is 0.200. The number of hydrogen-bond acceptors (Lipinski definition) is 3. The Morgan fingerprint density at radius 1 is 1.10 bits per heavy atom. The van der Waals surface area contributed by atoms with Gasteiger partial charge in [-0.1, -0.05) is 30.3 Å². The summed E-state index contributed by atoms with van der Waals surface area (Å²) in [4.78, 5) is -0.0522. The highest BCUT2D eigenvalue weighted by Crippen LogP contribution is 2.17. The normalized spacial score (nSPS) is 11.8. The standard InChI is InChI=1S/C15H17FN2O2S/c1-18(11-13-7-5-12(10-17)6-8-13)21(19,20)15-4-2-3-14(16)9-15/h2-9H,10-11,17H2,1H3. The van der Waals surface area contributed by atoms with E-state index in [1.165, 1.54) is 29.6 Å². The van der Waals surface area contributed by atoms with E-state index in [0.717, 1.165) is 17.2 Å². The Balaban J connectivity index is 2.20. The van der Waals surface area contributed by atoms with Gasteiger partial charge in [0.15, 0.2) is 0 Å². The van der Waals surface area contributed by atoms with Crippen LogP contribution in [0.15, 0.2) is 53.4 Å². The minimum atomic E-state index is -3.71. The molecule has 0 fully saturated rings. The first kappa shape index (κ1) is 15.6. The largest absolute Gasteiger partial charge is 0.326 e. The third-order valence-corrected chi connectivity index (χ3v) is 4.97. The van der Waals surface area contributed by atoms with Crippen LogP contribution in [0, 0.1) is 5.82 Å². The molecule has 0 aliphatic heterocycles. The summed E-state index contributed by atoms with van der Waals surface area (Å²) in [6.45, 7) is 0.654. The average molecular weight is 308 g/mol. The molecule has 0 aliphatic rings. The van der Waals surface area contributed by atoms with E-state index >= 15 is 0 Å². The predicted molar refractivity (Wildman–Crippen MR) is 79.4 cm³/mol. The molecule has 0 spiro atoms. The zero-order valence-electron chi connectivity index (χ0n) is 11.7. The molecule has 0 atom stereocenters. The summed E-state index contributed by atoms with van der Waals surface area (Å²) < 4.78 is 39.1. The lowest BCUT2D eigenvalue weighted by Crippen LogP contribution is -2.26. The smallest absolute Gasteiger partial charge is 0.243 e. The zero-order chi connectivity index (χ0) is 15.5. The third kappa shape index (κ3) is 3.66. The topological polar surface area (TPSA) is 63.4 Å². The van der Waals surface area contributed by atoms with Crippen molar-refractivity contribution >= 4 is 10.0 Å². The lowest BCUT2D eigenvalue weighted by molar-refractivity contribution is 0.466. The Hall–Kier alpha value is -1.76. The predicted octanol–water partition coefficient (Wildman–Crippen LogP) is 2.11. The van der Waals surface area contributed by atoms with E-state index in [4.69, 9.17) is 5.73 Å². The molecule has 0 unspecified atom stereocenters. The van der Waals surface area contributed by atoms with Crippen LogP contribution in [-0.4, -0.2) is 19.8 Å². The van der Waals surface area contributed by atoms with Gasteiger partial charge >= 0.3 is 0 Å². The van der Waals surface area contributed by atoms with E-state index in [1.807, 2.05) is 24.3 Å². The highest BCUT2D eigenvalue weighted by molar-refractivity contribution is 7.89. The van der Waals surface area contributed by atoms with Crippen LogP contribution < -0.4 is 5.73 Å². The second-order valence-electron chi connectivity index (χ2n) is 4.74. The number of rotatable bonds is 5. The van der Waals surface area contributed by atoms with Crippen molar-refractivity contribution in [2.75, 3.05) is 7.05 Å². The Morgan fingerprint density at radius 2 is 1.71 bits per heavy atom. The van der Waals surface area contributed by atoms with Gasteiger partial charge in [0.2, 0.25) is 10.0 Å². The van der Waals surface area contributed by atoms with Crippen molar-refractivity contribution in [3.8, 4) is 0 Å². The van der Waals surface area contributed by atoms with Crippen molar-refractivity contribution in [2.45, 2.75) is 18.0 Å². The molecule has 2 N–H and O–H groups in total. The summed E-state index contributed by atoms with van der Waals surface area (Å²) in [5, 5.41) is 0. The lowest BCUT2D eigenvalue weighted by Gasteiger charge is -2.17. The first-order valence-electron chi connectivity index (χ1n) is 6.43. The van der Waals surface area contributed by atoms with Crippen molar-refractivity contribution in [1.82, 2.24) is 4.31 Å². The van der Waals surface area contributed by atoms with Gasteiger partial charge in [-0.05, 0) is 29.3 Å². The van der Waals surface area contributed by atoms with Gasteiger partial charge in [0.25, 0.3) is 0 Å². The van der Waals surface area contributed by atoms with Crippen molar-refractivity contribution < 1.29 is 12.8 Å². The first-order chi connectivity index (χ1) is 9.93. The molecule has 0 aliphatic carbocycles. The van der Waals surface area contributed by atoms with Gasteiger partial charge in [-0.15, -0.1) is 0 Å². The van der Waals surface area contributed by atoms with Crippen molar-refractivity contribution in [2.24, 2.45) is 5.73 Å². The van der Waals surface area contributed by atoms with E-state index in [-0.39, 0.29) is 11.4 Å². The number of sulfonamides is 1. The molecule has 0 aromatic heterocycles. The van der Waals surface area contributed by atoms with Gasteiger partial charge in [0.1, 0.15) is 5.82 Å². The molecule has 4 nitrogen and oxygen atoms in total. The molecule has 2 rings (SSSR count). The maximum Gasteiger partial charge on any atom is 0.243 e. The highest BCUT2D eigenvalue weighted by atomic mass is 32.2. The molecule has 2 aromatic carbocycles. The monoisotopic (exact) mass is 308 g/mol. The maximum absolute atomic E-state index is 13.2. The summed E-state index contributed by atoms with van der Waals surface area (Å²) in [5.74, 6) is -0.572. The number of halogens is 1. The van der Waals surface area contributed by atoms with Crippen molar-refractivity contribution in [1.29, 1.82) is 0 Å². The minimum absolute atomic E-state index is 0.0522. The molecule has 0 saturated carbocycles. The average Bonchev–Trinajstić information content (AvgIpc) is 2.48. The fourth-order valence-corrected chi connectivity index (χ4v) is 3.12. The van der Waals surface area contributed by atoms with Crippen molar-refractivity contribution in [3.63, 3.8) is 0 Å². The molecule has 112 valence electrons. The minimum Gasteiger partial charge on any atom is -0.326 e. The number of benzene rings is 2. The second kappa shape index (κ2) is 6.34. The van der Waals surface area contributed by atoms with Crippen LogP contribution in [-0.2, 0) is 23.1 Å². The van der Waals surface area contributed by atoms with E-state index in [0.29, 0.717) is 6.54 Å². The van der Waals surface area contributed by atoms with Crippen LogP contribution in [0.5, 0.6) is 0 Å². The third-order valence-electron chi connectivity index (χ3n) is 3.17. The van der Waals surface area contributed by atoms with Gasteiger partial charge in [0.05, 0.1) is 4.90 Å². The highest BCUT2D eigenvalue weighted by Gasteiger charge is 2.21. The van der Waals surface area contributed by atoms with Gasteiger partial charge in [-0.25, -0.2) is 12.8 Å². The van der Waals surface area contributed by atoms with Crippen LogP contribution in [0.25, 0.3) is 0 Å². The summed E-state index contributed by atoms with van der Waals surface area (Å²) in [7, 11) is -2.24. The van der Waals surface area contributed by atoms with Crippen molar-refractivity contribution in [3.05, 3.63) is 65.5 Å². The SMILES string of the molecule is CN(Cc1ccc(CN)cc1)S(=O)(=O)c1cccc(F)c1. The van der Waals surface area contributed by atoms with Crippen LogP contribution in [0.4, 0.5) is 4.39 Å². The molecule has 6 heteroatoms. The molecular formula is C15H17FN2O2S. The van der Waals surface area contributed by atoms with E-state index in [9.17, 15) is 12.8 Å². The molecule has 0 saturated heterocycles. The molecule has 21 heavy (non-hydrogen) atoms. The Kier molecular flexibility index (Phi) is 4.72. The molecule has 0 amide bonds. The molecule has 0 bridgehead atoms. The maximum atomic E-state index is 13.2. The summed E-state index contributed by atoms with van der Waals surface area (Å²) >= 11 is 0. The van der Waals surface area contributed by atoms with Gasteiger partial charge in [-0.2, -0.15) is 4.31 Å². The summed E-state index contributed by atoms with van der Waals surface area (Å²) in [6.07, 6.45) is 0. The summed E-state index contributed by atoms with van der Waals surface area (Å²) in [6, 6.07) is 12.4. The zero-order valence-corrected chi connectivity index (χ0v) is 12.5. The van der Waals surface area contributed by atoms with E-state index < -0.39 is 15.8 Å². The number of nitrogens with two attached hydrogens (primary N) is 1. The van der Waals surface area contributed by atoms with Crippen LogP contribution in [0.3, 0.4) is 0 Å². The Labute approximate surface area is 124 Å². The van der Waals surface area contributed by atoms with Gasteiger partial charge in [-0.3, -0.25) is 0 Å². The lowest BCUT2D eigenvalue weighted by atomic mass is 10.1. The summed E-state index contributed by atoms with van der Waals surface area (Å²) in [5.41, 5.74) is 7.34. The molecule has 0 heterocycles. The number of hydrogen-bond donors (Lipinski definition) is 1. The Morgan fingerprint density at radius 3 is 2.29 bits per heavy atom. The van der Waals surface area contributed by atoms with Crippen LogP contribution in [0.1, 0.15) is 11.1 Å². The van der Waals surface area contributed by atoms with Crippen LogP contribution >= 0.6 is 0 Å². The van der Waals surface area contributed by atoms with Crippen LogP contribution in [0.2, 0.25) is 0 Å². The number of nitrogens with zero attached hydrogens (tertiary/aromatic N) is 1. The van der Waals surface area contributed by atoms with Gasteiger partial charge in [0, 0.05) is 20.1 Å². The van der Waals surface area contributed by atoms with E-state index in [1.54, 1.807) is 0 Å². The first-order valence-corrected chi connectivity index (χ1v) is 7.87. The molecular weight excluding hydrogens is 291 g/mol. The Bertz CT molecular complexity index is 715. The fourth-order valence-electron chi connectivity index (χ4n) is 1.93. The molecule has 0 radical (unpaired) electrons. The second-order valence-corrected chi connectivity index (χ2v) is 6.78. The quantitative estimate of drug-likeness (QED) is 0.920. The molecule has 2 aromatic rings. The van der Waals surface area contributed by atoms with E-state index in [2.05, 4.69) is 0 Å². The van der Waals surface area contributed by atoms with Gasteiger partial charge < -0.3 is 5.73 Å².